The first-order chi connectivity index (χ1) is 30.7. The second-order valence-corrected chi connectivity index (χ2v) is 16.4. The molecule has 0 radical (unpaired) electrons. The average molecular weight is 815 g/mol. The Morgan fingerprint density at radius 2 is 1.02 bits per heavy atom. The molecule has 0 saturated heterocycles. The van der Waals surface area contributed by atoms with Crippen molar-refractivity contribution in [2.45, 2.75) is 12.3 Å². The largest absolute Gasteiger partial charge is 0.456 e. The average Bonchev–Trinajstić information content (AvgIpc) is 3.93. The van der Waals surface area contributed by atoms with Crippen LogP contribution in [0.15, 0.2) is 193 Å². The van der Waals surface area contributed by atoms with E-state index in [-0.39, 0.29) is 5.92 Å². The van der Waals surface area contributed by atoms with Gasteiger partial charge in [-0.3, -0.25) is 0 Å². The van der Waals surface area contributed by atoms with Gasteiger partial charge in [-0.15, -0.1) is 11.3 Å². The molecule has 4 heterocycles. The molecule has 0 aliphatic heterocycles. The zero-order valence-electron chi connectivity index (χ0n) is 33.2. The first kappa shape index (κ1) is 36.0. The van der Waals surface area contributed by atoms with Crippen LogP contribution in [0.2, 0.25) is 0 Å². The highest BCUT2D eigenvalue weighted by atomic mass is 32.1. The van der Waals surface area contributed by atoms with Crippen LogP contribution in [0.3, 0.4) is 0 Å². The molecule has 292 valence electrons. The maximum atomic E-state index is 6.23. The fourth-order valence-corrected chi connectivity index (χ4v) is 9.69. The molecule has 11 aromatic rings. The number of benzene rings is 7. The lowest BCUT2D eigenvalue weighted by Gasteiger charge is -2.14. The number of nitrogens with zero attached hydrogens (tertiary/aromatic N) is 6. The van der Waals surface area contributed by atoms with Gasteiger partial charge in [0, 0.05) is 64.7 Å². The number of fused-ring (bicyclic) bond motifs is 6. The van der Waals surface area contributed by atoms with E-state index < -0.39 is 0 Å². The molecule has 62 heavy (non-hydrogen) atoms. The number of rotatable bonds is 7. The van der Waals surface area contributed by atoms with Crippen LogP contribution >= 0.6 is 11.3 Å². The molecule has 0 N–H and O–H groups in total. The number of hydrogen-bond donors (Lipinski definition) is 0. The van der Waals surface area contributed by atoms with Gasteiger partial charge < -0.3 is 4.42 Å². The molecule has 1 aliphatic rings. The first-order valence-corrected chi connectivity index (χ1v) is 21.5. The van der Waals surface area contributed by atoms with Crippen LogP contribution < -0.4 is 0 Å². The van der Waals surface area contributed by atoms with Crippen molar-refractivity contribution in [1.29, 1.82) is 0 Å². The summed E-state index contributed by atoms with van der Waals surface area (Å²) in [4.78, 5) is 30.3. The molecule has 0 saturated carbocycles. The standard InChI is InChI=1S/C54H34N6OS/c1-4-14-34(15-5-1)49-56-52(58-53(57-49)42-22-13-25-45-47(42)41-20-10-11-24-44(41)61-45)37-28-26-33(27-29-37)38-30-31-39-40-21-12-23-43(48(40)62-46(39)32-38)54-59-50(35-16-6-2-7-17-35)55-51(60-54)36-18-8-3-9-19-36/h1-18,20-32,36H,19H2. The molecule has 1 unspecified atom stereocenters. The fraction of sp³-hybridized carbons (Fsp3) is 0.0370. The van der Waals surface area contributed by atoms with Gasteiger partial charge in [0.25, 0.3) is 0 Å². The van der Waals surface area contributed by atoms with E-state index in [2.05, 4.69) is 109 Å². The van der Waals surface area contributed by atoms with Crippen molar-refractivity contribution in [3.8, 4) is 68.1 Å². The summed E-state index contributed by atoms with van der Waals surface area (Å²) in [7, 11) is 0. The van der Waals surface area contributed by atoms with Crippen LogP contribution in [0, 0.1) is 0 Å². The first-order valence-electron chi connectivity index (χ1n) is 20.6. The van der Waals surface area contributed by atoms with E-state index in [4.69, 9.17) is 34.3 Å². The second kappa shape index (κ2) is 15.0. The van der Waals surface area contributed by atoms with Gasteiger partial charge >= 0.3 is 0 Å². The molecule has 12 rings (SSSR count). The van der Waals surface area contributed by atoms with Gasteiger partial charge in [0.1, 0.15) is 17.0 Å². The molecular weight excluding hydrogens is 781 g/mol. The van der Waals surface area contributed by atoms with E-state index in [1.807, 2.05) is 78.9 Å². The Morgan fingerprint density at radius 3 is 1.77 bits per heavy atom. The SMILES string of the molecule is C1=CCC(c2nc(-c3ccccc3)nc(-c3cccc4c3sc3cc(-c5ccc(-c6nc(-c7ccccc7)nc(-c7cccc8oc9ccccc9c78)n6)cc5)ccc34)n2)C=C1. The zero-order chi connectivity index (χ0) is 41.0. The lowest BCUT2D eigenvalue weighted by molar-refractivity contribution is 0.669. The molecule has 7 nitrogen and oxygen atoms in total. The lowest BCUT2D eigenvalue weighted by atomic mass is 9.99. The minimum atomic E-state index is 0.0932. The van der Waals surface area contributed by atoms with E-state index in [0.717, 1.165) is 77.8 Å². The summed E-state index contributed by atoms with van der Waals surface area (Å²) in [5.74, 6) is 4.06. The van der Waals surface area contributed by atoms with Crippen LogP contribution in [-0.4, -0.2) is 29.9 Å². The normalized spacial score (nSPS) is 13.8. The number of furan rings is 1. The van der Waals surface area contributed by atoms with Crippen LogP contribution in [0.4, 0.5) is 0 Å². The van der Waals surface area contributed by atoms with Crippen molar-refractivity contribution in [3.05, 3.63) is 194 Å². The Labute approximate surface area is 360 Å². The number of aromatic nitrogens is 6. The van der Waals surface area contributed by atoms with Gasteiger partial charge in [-0.25, -0.2) is 29.9 Å². The summed E-state index contributed by atoms with van der Waals surface area (Å²) in [5, 5.41) is 4.41. The van der Waals surface area contributed by atoms with Crippen LogP contribution in [0.25, 0.3) is 110 Å². The van der Waals surface area contributed by atoms with Crippen molar-refractivity contribution in [1.82, 2.24) is 29.9 Å². The van der Waals surface area contributed by atoms with Crippen LogP contribution in [0.5, 0.6) is 0 Å². The van der Waals surface area contributed by atoms with E-state index in [0.29, 0.717) is 29.1 Å². The van der Waals surface area contributed by atoms with Gasteiger partial charge in [0.15, 0.2) is 29.1 Å². The Morgan fingerprint density at radius 1 is 0.435 bits per heavy atom. The Hall–Kier alpha value is -7.94. The summed E-state index contributed by atoms with van der Waals surface area (Å²) < 4.78 is 8.59. The number of allylic oxidation sites excluding steroid dienone is 4. The molecule has 8 heteroatoms. The molecule has 0 fully saturated rings. The number of hydrogen-bond acceptors (Lipinski definition) is 8. The minimum Gasteiger partial charge on any atom is -0.456 e. The van der Waals surface area contributed by atoms with Crippen LogP contribution in [-0.2, 0) is 0 Å². The van der Waals surface area contributed by atoms with Gasteiger partial charge in [-0.2, -0.15) is 0 Å². The molecule has 0 spiro atoms. The fourth-order valence-electron chi connectivity index (χ4n) is 8.44. The third-order valence-electron chi connectivity index (χ3n) is 11.5. The topological polar surface area (TPSA) is 90.5 Å². The molecule has 4 aromatic heterocycles. The van der Waals surface area contributed by atoms with Gasteiger partial charge in [0.2, 0.25) is 0 Å². The lowest BCUT2D eigenvalue weighted by Crippen LogP contribution is -2.07. The monoisotopic (exact) mass is 814 g/mol. The van der Waals surface area contributed by atoms with Crippen molar-refractivity contribution in [2.75, 3.05) is 0 Å². The molecule has 1 aliphatic carbocycles. The highest BCUT2D eigenvalue weighted by molar-refractivity contribution is 7.26. The Balaban J connectivity index is 0.924. The van der Waals surface area contributed by atoms with E-state index in [9.17, 15) is 0 Å². The smallest absolute Gasteiger partial charge is 0.165 e. The minimum absolute atomic E-state index is 0.0932. The summed E-state index contributed by atoms with van der Waals surface area (Å²) >= 11 is 1.78. The van der Waals surface area contributed by atoms with Crippen molar-refractivity contribution in [3.63, 3.8) is 0 Å². The molecule has 7 aromatic carbocycles. The van der Waals surface area contributed by atoms with Crippen molar-refractivity contribution >= 4 is 53.4 Å². The van der Waals surface area contributed by atoms with Crippen molar-refractivity contribution in [2.24, 2.45) is 0 Å². The maximum Gasteiger partial charge on any atom is 0.165 e. The summed E-state index contributed by atoms with van der Waals surface area (Å²) in [5.41, 5.74) is 8.56. The summed E-state index contributed by atoms with van der Waals surface area (Å²) in [6.45, 7) is 0. The molecular formula is C54H34N6OS. The summed E-state index contributed by atoms with van der Waals surface area (Å²) in [6, 6.07) is 56.1. The summed E-state index contributed by atoms with van der Waals surface area (Å²) in [6.07, 6.45) is 9.36. The van der Waals surface area contributed by atoms with E-state index >= 15 is 0 Å². The molecule has 1 atom stereocenters. The zero-order valence-corrected chi connectivity index (χ0v) is 34.0. The van der Waals surface area contributed by atoms with E-state index in [1.165, 1.54) is 15.5 Å². The van der Waals surface area contributed by atoms with E-state index in [1.54, 1.807) is 11.3 Å². The third kappa shape index (κ3) is 6.36. The second-order valence-electron chi connectivity index (χ2n) is 15.4. The van der Waals surface area contributed by atoms with Gasteiger partial charge in [-0.1, -0.05) is 164 Å². The molecule has 0 bridgehead atoms. The van der Waals surface area contributed by atoms with Gasteiger partial charge in [0.05, 0.1) is 0 Å². The van der Waals surface area contributed by atoms with Gasteiger partial charge in [-0.05, 0) is 41.8 Å². The maximum absolute atomic E-state index is 6.23. The number of thiophene rings is 1. The van der Waals surface area contributed by atoms with Crippen LogP contribution in [0.1, 0.15) is 18.2 Å². The molecule has 0 amide bonds. The van der Waals surface area contributed by atoms with Crippen molar-refractivity contribution < 1.29 is 4.42 Å². The number of para-hydroxylation sites is 1. The predicted octanol–water partition coefficient (Wildman–Crippen LogP) is 13.9. The highest BCUT2D eigenvalue weighted by Crippen LogP contribution is 2.42. The predicted molar refractivity (Wildman–Crippen MR) is 252 cm³/mol. The Bertz CT molecular complexity index is 3560. The highest BCUT2D eigenvalue weighted by Gasteiger charge is 2.21. The quantitative estimate of drug-likeness (QED) is 0.158. The Kier molecular flexibility index (Phi) is 8.67. The third-order valence-corrected chi connectivity index (χ3v) is 12.7.